The maximum Gasteiger partial charge on any atom is 0.306 e. The Bertz CT molecular complexity index is 1210. The van der Waals surface area contributed by atoms with Gasteiger partial charge in [-0.05, 0) is 44.0 Å². The molecule has 7 heteroatoms. The van der Waals surface area contributed by atoms with E-state index in [4.69, 9.17) is 4.74 Å². The normalized spacial score (nSPS) is 14.5. The standard InChI is InChI=1S/C27H31N3O4/c1-19-12-14-21(15-13-19)30-24(29-23-11-7-6-10-22(23)27(30)33)16-17-26(32)34-18-25(31)28-20-8-4-2-3-5-9-20/h6-7,10-15,20H,2-5,8-9,16-18H2,1H3,(H,28,31). The SMILES string of the molecule is Cc1ccc(-n2c(CCC(=O)OCC(=O)NC3CCCCCC3)nc3ccccc3c2=O)cc1. The van der Waals surface area contributed by atoms with E-state index in [2.05, 4.69) is 10.3 Å². The highest BCUT2D eigenvalue weighted by Crippen LogP contribution is 2.17. The number of aromatic nitrogens is 2. The number of amides is 1. The van der Waals surface area contributed by atoms with Gasteiger partial charge in [0.05, 0.1) is 23.0 Å². The molecule has 3 aromatic rings. The lowest BCUT2D eigenvalue weighted by molar-refractivity contribution is -0.148. The molecule has 0 aliphatic heterocycles. The van der Waals surface area contributed by atoms with Crippen LogP contribution in [0.3, 0.4) is 0 Å². The monoisotopic (exact) mass is 461 g/mol. The number of rotatable bonds is 7. The van der Waals surface area contributed by atoms with Crippen molar-refractivity contribution in [2.45, 2.75) is 64.3 Å². The van der Waals surface area contributed by atoms with Crippen LogP contribution in [0.25, 0.3) is 16.6 Å². The van der Waals surface area contributed by atoms with E-state index in [1.54, 1.807) is 16.7 Å². The fourth-order valence-electron chi connectivity index (χ4n) is 4.43. The zero-order valence-corrected chi connectivity index (χ0v) is 19.6. The van der Waals surface area contributed by atoms with Gasteiger partial charge in [0, 0.05) is 12.5 Å². The van der Waals surface area contributed by atoms with Crippen molar-refractivity contribution in [2.75, 3.05) is 6.61 Å². The van der Waals surface area contributed by atoms with E-state index in [1.807, 2.05) is 43.3 Å². The van der Waals surface area contributed by atoms with Crippen molar-refractivity contribution in [2.24, 2.45) is 0 Å². The highest BCUT2D eigenvalue weighted by Gasteiger charge is 2.17. The first kappa shape index (κ1) is 23.7. The number of nitrogens with one attached hydrogen (secondary N) is 1. The molecule has 4 rings (SSSR count). The molecule has 0 unspecified atom stereocenters. The van der Waals surface area contributed by atoms with Crippen LogP contribution in [-0.4, -0.2) is 34.1 Å². The summed E-state index contributed by atoms with van der Waals surface area (Å²) in [5.74, 6) is -0.276. The lowest BCUT2D eigenvalue weighted by Gasteiger charge is -2.16. The van der Waals surface area contributed by atoms with E-state index in [0.717, 1.165) is 31.2 Å². The van der Waals surface area contributed by atoms with Gasteiger partial charge in [0.25, 0.3) is 11.5 Å². The molecule has 0 radical (unpaired) electrons. The molecular formula is C27H31N3O4. The topological polar surface area (TPSA) is 90.3 Å². The van der Waals surface area contributed by atoms with Crippen LogP contribution in [0.15, 0.2) is 53.3 Å². The van der Waals surface area contributed by atoms with E-state index < -0.39 is 5.97 Å². The third-order valence-corrected chi connectivity index (χ3v) is 6.27. The van der Waals surface area contributed by atoms with Crippen LogP contribution in [0.5, 0.6) is 0 Å². The Morgan fingerprint density at radius 3 is 2.47 bits per heavy atom. The van der Waals surface area contributed by atoms with Crippen LogP contribution >= 0.6 is 0 Å². The van der Waals surface area contributed by atoms with Gasteiger partial charge in [0.1, 0.15) is 5.82 Å². The minimum Gasteiger partial charge on any atom is -0.456 e. The number of benzene rings is 2. The zero-order chi connectivity index (χ0) is 23.9. The summed E-state index contributed by atoms with van der Waals surface area (Å²) in [6.07, 6.45) is 6.84. The number of aryl methyl sites for hydroxylation is 2. The number of ether oxygens (including phenoxy) is 1. The van der Waals surface area contributed by atoms with Crippen molar-refractivity contribution in [3.8, 4) is 5.69 Å². The molecule has 1 saturated carbocycles. The average molecular weight is 462 g/mol. The Hall–Kier alpha value is -3.48. The number of para-hydroxylation sites is 1. The number of carbonyl (C=O) groups excluding carboxylic acids is 2. The average Bonchev–Trinajstić information content (AvgIpc) is 3.11. The maximum absolute atomic E-state index is 13.3. The van der Waals surface area contributed by atoms with Gasteiger partial charge >= 0.3 is 5.97 Å². The van der Waals surface area contributed by atoms with Gasteiger partial charge in [-0.1, -0.05) is 55.5 Å². The fourth-order valence-corrected chi connectivity index (χ4v) is 4.43. The second-order valence-corrected chi connectivity index (χ2v) is 8.94. The van der Waals surface area contributed by atoms with Gasteiger partial charge in [-0.3, -0.25) is 19.0 Å². The van der Waals surface area contributed by atoms with Crippen LogP contribution in [-0.2, 0) is 20.7 Å². The Morgan fingerprint density at radius 2 is 1.74 bits per heavy atom. The third-order valence-electron chi connectivity index (χ3n) is 6.27. The van der Waals surface area contributed by atoms with Gasteiger partial charge in [-0.2, -0.15) is 0 Å². The number of carbonyl (C=O) groups is 2. The van der Waals surface area contributed by atoms with Crippen molar-refractivity contribution in [1.82, 2.24) is 14.9 Å². The Kier molecular flexibility index (Phi) is 7.72. The van der Waals surface area contributed by atoms with Crippen molar-refractivity contribution < 1.29 is 14.3 Å². The van der Waals surface area contributed by atoms with Crippen molar-refractivity contribution in [3.05, 3.63) is 70.3 Å². The van der Waals surface area contributed by atoms with Gasteiger partial charge < -0.3 is 10.1 Å². The molecule has 7 nitrogen and oxygen atoms in total. The van der Waals surface area contributed by atoms with Crippen LogP contribution < -0.4 is 10.9 Å². The summed E-state index contributed by atoms with van der Waals surface area (Å²) >= 11 is 0. The van der Waals surface area contributed by atoms with Crippen LogP contribution in [0.2, 0.25) is 0 Å². The summed E-state index contributed by atoms with van der Waals surface area (Å²) in [7, 11) is 0. The van der Waals surface area contributed by atoms with E-state index in [0.29, 0.717) is 22.4 Å². The molecule has 1 aliphatic rings. The number of nitrogens with zero attached hydrogens (tertiary/aromatic N) is 2. The van der Waals surface area contributed by atoms with Gasteiger partial charge in [0.2, 0.25) is 0 Å². The maximum atomic E-state index is 13.3. The molecule has 1 fully saturated rings. The highest BCUT2D eigenvalue weighted by atomic mass is 16.5. The first-order valence-electron chi connectivity index (χ1n) is 12.0. The molecular weight excluding hydrogens is 430 g/mol. The number of hydrogen-bond acceptors (Lipinski definition) is 5. The smallest absolute Gasteiger partial charge is 0.306 e. The summed E-state index contributed by atoms with van der Waals surface area (Å²) in [6.45, 7) is 1.69. The number of esters is 1. The molecule has 1 amide bonds. The Balaban J connectivity index is 1.43. The highest BCUT2D eigenvalue weighted by molar-refractivity contribution is 5.81. The van der Waals surface area contributed by atoms with Gasteiger partial charge in [-0.15, -0.1) is 0 Å². The number of fused-ring (bicyclic) bond motifs is 1. The van der Waals surface area contributed by atoms with Crippen molar-refractivity contribution >= 4 is 22.8 Å². The van der Waals surface area contributed by atoms with Crippen LogP contribution in [0.4, 0.5) is 0 Å². The fraction of sp³-hybridized carbons (Fsp3) is 0.407. The summed E-state index contributed by atoms with van der Waals surface area (Å²) < 4.78 is 6.76. The third kappa shape index (κ3) is 5.90. The second-order valence-electron chi connectivity index (χ2n) is 8.94. The quantitative estimate of drug-likeness (QED) is 0.424. The minimum absolute atomic E-state index is 0.0212. The summed E-state index contributed by atoms with van der Waals surface area (Å²) in [6, 6.07) is 14.9. The first-order chi connectivity index (χ1) is 16.5. The zero-order valence-electron chi connectivity index (χ0n) is 19.6. The van der Waals surface area contributed by atoms with E-state index in [-0.39, 0.29) is 37.0 Å². The molecule has 1 N–H and O–H groups in total. The number of hydrogen-bond donors (Lipinski definition) is 1. The summed E-state index contributed by atoms with van der Waals surface area (Å²) in [5.41, 5.74) is 2.18. The Morgan fingerprint density at radius 1 is 1.03 bits per heavy atom. The molecule has 34 heavy (non-hydrogen) atoms. The summed E-state index contributed by atoms with van der Waals surface area (Å²) in [5, 5.41) is 3.49. The predicted molar refractivity (Wildman–Crippen MR) is 131 cm³/mol. The molecule has 1 aliphatic carbocycles. The lowest BCUT2D eigenvalue weighted by Crippen LogP contribution is -2.37. The van der Waals surface area contributed by atoms with Crippen molar-refractivity contribution in [1.29, 1.82) is 0 Å². The molecule has 1 aromatic heterocycles. The van der Waals surface area contributed by atoms with E-state index >= 15 is 0 Å². The molecule has 1 heterocycles. The predicted octanol–water partition coefficient (Wildman–Crippen LogP) is 4.01. The Labute approximate surface area is 199 Å². The van der Waals surface area contributed by atoms with Crippen molar-refractivity contribution in [3.63, 3.8) is 0 Å². The molecule has 0 spiro atoms. The lowest BCUT2D eigenvalue weighted by atomic mass is 10.1. The van der Waals surface area contributed by atoms with Gasteiger partial charge in [0.15, 0.2) is 6.61 Å². The molecule has 0 saturated heterocycles. The van der Waals surface area contributed by atoms with Crippen LogP contribution in [0.1, 0.15) is 56.3 Å². The molecule has 0 bridgehead atoms. The second kappa shape index (κ2) is 11.1. The molecule has 2 aromatic carbocycles. The van der Waals surface area contributed by atoms with Gasteiger partial charge in [-0.25, -0.2) is 4.98 Å². The minimum atomic E-state index is -0.492. The van der Waals surface area contributed by atoms with Crippen LogP contribution in [0, 0.1) is 6.92 Å². The van der Waals surface area contributed by atoms with E-state index in [1.165, 1.54) is 12.8 Å². The largest absolute Gasteiger partial charge is 0.456 e. The van der Waals surface area contributed by atoms with E-state index in [9.17, 15) is 14.4 Å². The first-order valence-corrected chi connectivity index (χ1v) is 12.0. The molecule has 178 valence electrons. The molecule has 0 atom stereocenters. The summed E-state index contributed by atoms with van der Waals surface area (Å²) in [4.78, 5) is 42.5.